The number of carbonyl (C=O) groups is 1. The first kappa shape index (κ1) is 16.5. The van der Waals surface area contributed by atoms with E-state index in [1.807, 2.05) is 35.3 Å². The molecule has 4 rings (SSSR count). The number of amides is 1. The second-order valence-electron chi connectivity index (χ2n) is 5.82. The number of thioether (sulfide) groups is 2. The Morgan fingerprint density at radius 2 is 1.84 bits per heavy atom. The summed E-state index contributed by atoms with van der Waals surface area (Å²) in [6.45, 7) is 0. The number of carbonyl (C=O) groups excluding carboxylic acids is 1. The summed E-state index contributed by atoms with van der Waals surface area (Å²) in [5.41, 5.74) is 0.971. The molecule has 5 heteroatoms. The van der Waals surface area contributed by atoms with E-state index in [0.29, 0.717) is 5.75 Å². The summed E-state index contributed by atoms with van der Waals surface area (Å²) in [6.07, 6.45) is 8.29. The van der Waals surface area contributed by atoms with Crippen LogP contribution in [0.15, 0.2) is 82.6 Å². The van der Waals surface area contributed by atoms with Crippen molar-refractivity contribution in [2.24, 2.45) is 0 Å². The minimum Gasteiger partial charge on any atom is -0.302 e. The van der Waals surface area contributed by atoms with Crippen molar-refractivity contribution in [3.63, 3.8) is 0 Å². The first-order chi connectivity index (χ1) is 12.2. The van der Waals surface area contributed by atoms with Crippen molar-refractivity contribution in [1.29, 1.82) is 0 Å². The molecule has 2 atom stereocenters. The lowest BCUT2D eigenvalue weighted by Crippen LogP contribution is -2.48. The van der Waals surface area contributed by atoms with Crippen LogP contribution in [0.5, 0.6) is 0 Å². The highest BCUT2D eigenvalue weighted by atomic mass is 32.2. The molecule has 1 amide bonds. The zero-order valence-electron chi connectivity index (χ0n) is 13.3. The zero-order chi connectivity index (χ0) is 17.2. The Morgan fingerprint density at radius 1 is 1.08 bits per heavy atom. The van der Waals surface area contributed by atoms with Gasteiger partial charge < -0.3 is 4.90 Å². The summed E-state index contributed by atoms with van der Waals surface area (Å²) in [4.78, 5) is 17.0. The van der Waals surface area contributed by atoms with E-state index in [0.717, 1.165) is 15.5 Å². The molecule has 0 saturated carbocycles. The summed E-state index contributed by atoms with van der Waals surface area (Å²) >= 11 is 3.24. The lowest BCUT2D eigenvalue weighted by atomic mass is 10.0. The molecule has 0 unspecified atom stereocenters. The first-order valence-electron chi connectivity index (χ1n) is 8.03. The van der Waals surface area contributed by atoms with Gasteiger partial charge in [0.1, 0.15) is 5.82 Å². The van der Waals surface area contributed by atoms with Gasteiger partial charge in [0.2, 0.25) is 5.91 Å². The number of benzene rings is 2. The van der Waals surface area contributed by atoms with Crippen molar-refractivity contribution in [2.45, 2.75) is 21.1 Å². The Hall–Kier alpha value is -1.98. The van der Waals surface area contributed by atoms with Crippen LogP contribution in [0.4, 0.5) is 10.1 Å². The van der Waals surface area contributed by atoms with Crippen LogP contribution in [0.1, 0.15) is 0 Å². The van der Waals surface area contributed by atoms with E-state index in [4.69, 9.17) is 0 Å². The molecule has 2 aromatic carbocycles. The zero-order valence-corrected chi connectivity index (χ0v) is 15.0. The van der Waals surface area contributed by atoms with Crippen molar-refractivity contribution >= 4 is 35.1 Å². The summed E-state index contributed by atoms with van der Waals surface area (Å²) in [5, 5.41) is 0.236. The van der Waals surface area contributed by atoms with E-state index in [1.54, 1.807) is 23.9 Å². The van der Waals surface area contributed by atoms with Crippen LogP contribution in [-0.2, 0) is 4.79 Å². The summed E-state index contributed by atoms with van der Waals surface area (Å²) in [6, 6.07) is 14.3. The number of halogens is 1. The molecule has 0 radical (unpaired) electrons. The fraction of sp³-hybridized carbons (Fsp3) is 0.150. The van der Waals surface area contributed by atoms with E-state index in [2.05, 4.69) is 18.2 Å². The van der Waals surface area contributed by atoms with Gasteiger partial charge in [0, 0.05) is 9.79 Å². The van der Waals surface area contributed by atoms with E-state index in [1.165, 1.54) is 23.9 Å². The number of hydrogen-bond donors (Lipinski definition) is 0. The fourth-order valence-electron chi connectivity index (χ4n) is 3.03. The van der Waals surface area contributed by atoms with Crippen LogP contribution >= 0.6 is 23.5 Å². The van der Waals surface area contributed by atoms with Gasteiger partial charge in [0.25, 0.3) is 0 Å². The van der Waals surface area contributed by atoms with Crippen LogP contribution < -0.4 is 4.90 Å². The van der Waals surface area contributed by atoms with E-state index in [-0.39, 0.29) is 23.0 Å². The molecule has 2 nitrogen and oxygen atoms in total. The smallest absolute Gasteiger partial charge is 0.237 e. The Labute approximate surface area is 154 Å². The summed E-state index contributed by atoms with van der Waals surface area (Å²) < 4.78 is 13.0. The van der Waals surface area contributed by atoms with Gasteiger partial charge in [-0.15, -0.1) is 23.5 Å². The third-order valence-corrected chi connectivity index (χ3v) is 6.49. The fourth-order valence-corrected chi connectivity index (χ4v) is 5.04. The topological polar surface area (TPSA) is 20.3 Å². The standard InChI is InChI=1S/C20H16FNOS2/c21-14-9-11-15(12-10-14)24-13-20(23)22-16-5-1-3-7-18(16)25-19-8-4-2-6-17(19)22/h1-12,16,18H,13H2/t16-,18-/m0/s1. The molecule has 0 aromatic heterocycles. The number of allylic oxidation sites excluding steroid dienone is 2. The molecule has 1 heterocycles. The van der Waals surface area contributed by atoms with Gasteiger partial charge in [-0.3, -0.25) is 4.79 Å². The van der Waals surface area contributed by atoms with Gasteiger partial charge in [-0.25, -0.2) is 4.39 Å². The average molecular weight is 369 g/mol. The van der Waals surface area contributed by atoms with Crippen molar-refractivity contribution in [1.82, 2.24) is 0 Å². The van der Waals surface area contributed by atoms with E-state index in [9.17, 15) is 9.18 Å². The van der Waals surface area contributed by atoms with Gasteiger partial charge in [-0.05, 0) is 36.4 Å². The Balaban J connectivity index is 1.58. The highest BCUT2D eigenvalue weighted by Gasteiger charge is 2.36. The minimum absolute atomic E-state index is 0.0335. The van der Waals surface area contributed by atoms with Crippen molar-refractivity contribution in [3.8, 4) is 0 Å². The lowest BCUT2D eigenvalue weighted by molar-refractivity contribution is -0.116. The second kappa shape index (κ2) is 7.10. The second-order valence-corrected chi connectivity index (χ2v) is 8.09. The van der Waals surface area contributed by atoms with Crippen molar-refractivity contribution in [2.75, 3.05) is 10.7 Å². The van der Waals surface area contributed by atoms with Crippen molar-refractivity contribution in [3.05, 3.63) is 78.7 Å². The van der Waals surface area contributed by atoms with Gasteiger partial charge in [-0.2, -0.15) is 0 Å². The first-order valence-corrected chi connectivity index (χ1v) is 9.90. The molecule has 0 saturated heterocycles. The van der Waals surface area contributed by atoms with Crippen LogP contribution in [-0.4, -0.2) is 23.0 Å². The number of nitrogens with zero attached hydrogens (tertiary/aromatic N) is 1. The minimum atomic E-state index is -0.264. The van der Waals surface area contributed by atoms with Crippen LogP contribution in [0.25, 0.3) is 0 Å². The number of hydrogen-bond acceptors (Lipinski definition) is 3. The number of para-hydroxylation sites is 1. The van der Waals surface area contributed by atoms with Gasteiger partial charge in [0.15, 0.2) is 0 Å². The highest BCUT2D eigenvalue weighted by molar-refractivity contribution is 8.00. The maximum atomic E-state index is 13.0. The number of anilines is 1. The molecule has 1 aliphatic heterocycles. The quantitative estimate of drug-likeness (QED) is 0.716. The van der Waals surface area contributed by atoms with Crippen LogP contribution in [0.2, 0.25) is 0 Å². The molecular formula is C20H16FNOS2. The van der Waals surface area contributed by atoms with Crippen LogP contribution in [0, 0.1) is 5.82 Å². The van der Waals surface area contributed by atoms with E-state index >= 15 is 0 Å². The molecule has 0 bridgehead atoms. The van der Waals surface area contributed by atoms with E-state index < -0.39 is 0 Å². The van der Waals surface area contributed by atoms with Gasteiger partial charge in [-0.1, -0.05) is 36.4 Å². The van der Waals surface area contributed by atoms with Crippen molar-refractivity contribution < 1.29 is 9.18 Å². The highest BCUT2D eigenvalue weighted by Crippen LogP contribution is 2.43. The molecule has 0 spiro atoms. The SMILES string of the molecule is O=C(CSc1ccc(F)cc1)N1c2ccccc2S[C@H]2C=CC=C[C@@H]21. The molecule has 0 fully saturated rings. The predicted octanol–water partition coefficient (Wildman–Crippen LogP) is 4.92. The Morgan fingerprint density at radius 3 is 2.68 bits per heavy atom. The Bertz CT molecular complexity index is 847. The maximum Gasteiger partial charge on any atom is 0.237 e. The third kappa shape index (κ3) is 3.39. The molecule has 2 aliphatic rings. The summed E-state index contributed by atoms with van der Waals surface area (Å²) in [5.74, 6) is 0.127. The predicted molar refractivity (Wildman–Crippen MR) is 103 cm³/mol. The molecule has 1 aliphatic carbocycles. The number of rotatable bonds is 3. The maximum absolute atomic E-state index is 13.0. The average Bonchev–Trinajstić information content (AvgIpc) is 2.65. The lowest BCUT2D eigenvalue weighted by Gasteiger charge is -2.40. The number of fused-ring (bicyclic) bond motifs is 2. The Kier molecular flexibility index (Phi) is 4.68. The summed E-state index contributed by atoms with van der Waals surface area (Å²) in [7, 11) is 0. The molecule has 0 N–H and O–H groups in total. The third-order valence-electron chi connectivity index (χ3n) is 4.19. The normalized spacial score (nSPS) is 20.9. The monoisotopic (exact) mass is 369 g/mol. The van der Waals surface area contributed by atoms with Gasteiger partial charge >= 0.3 is 0 Å². The molecule has 2 aromatic rings. The molecule has 25 heavy (non-hydrogen) atoms. The van der Waals surface area contributed by atoms with Crippen LogP contribution in [0.3, 0.4) is 0 Å². The van der Waals surface area contributed by atoms with Gasteiger partial charge in [0.05, 0.1) is 22.7 Å². The molecular weight excluding hydrogens is 353 g/mol. The largest absolute Gasteiger partial charge is 0.302 e. The molecule has 126 valence electrons.